The fourth-order valence-corrected chi connectivity index (χ4v) is 3.59. The van der Waals surface area contributed by atoms with E-state index in [9.17, 15) is 0 Å². The van der Waals surface area contributed by atoms with Crippen LogP contribution in [0.1, 0.15) is 26.3 Å². The maximum Gasteiger partial charge on any atom is 0.0743 e. The van der Waals surface area contributed by atoms with Gasteiger partial charge in [-0.05, 0) is 51.7 Å². The van der Waals surface area contributed by atoms with Crippen LogP contribution in [-0.4, -0.2) is 17.5 Å². The van der Waals surface area contributed by atoms with E-state index in [1.54, 1.807) is 11.3 Å². The lowest BCUT2D eigenvalue weighted by Gasteiger charge is -2.22. The van der Waals surface area contributed by atoms with Crippen LogP contribution in [0.2, 0.25) is 0 Å². The van der Waals surface area contributed by atoms with Crippen LogP contribution in [0.15, 0.2) is 15.2 Å². The molecular formula is C12H18BrNS. The first kappa shape index (κ1) is 11.6. The Morgan fingerprint density at radius 3 is 2.67 bits per heavy atom. The predicted molar refractivity (Wildman–Crippen MR) is 70.2 cm³/mol. The Morgan fingerprint density at radius 1 is 1.47 bits per heavy atom. The summed E-state index contributed by atoms with van der Waals surface area (Å²) in [5, 5.41) is 2.16. The van der Waals surface area contributed by atoms with Gasteiger partial charge in [0.2, 0.25) is 0 Å². The summed E-state index contributed by atoms with van der Waals surface area (Å²) < 4.78 is 1.29. The van der Waals surface area contributed by atoms with Gasteiger partial charge in [-0.3, -0.25) is 4.90 Å². The lowest BCUT2D eigenvalue weighted by atomic mass is 9.95. The van der Waals surface area contributed by atoms with Crippen molar-refractivity contribution in [3.05, 3.63) is 20.8 Å². The summed E-state index contributed by atoms with van der Waals surface area (Å²) in [6.45, 7) is 9.43. The average molecular weight is 288 g/mol. The van der Waals surface area contributed by atoms with Crippen molar-refractivity contribution in [2.75, 3.05) is 6.54 Å². The molecule has 1 aliphatic rings. The van der Waals surface area contributed by atoms with Crippen molar-refractivity contribution in [2.24, 2.45) is 11.8 Å². The van der Waals surface area contributed by atoms with E-state index in [-0.39, 0.29) is 0 Å². The second kappa shape index (κ2) is 4.56. The van der Waals surface area contributed by atoms with Crippen molar-refractivity contribution in [3.8, 4) is 0 Å². The molecule has 1 aromatic rings. The summed E-state index contributed by atoms with van der Waals surface area (Å²) in [5.41, 5.74) is 1.44. The van der Waals surface area contributed by atoms with Gasteiger partial charge in [0.05, 0.1) is 3.79 Å². The molecule has 0 N–H and O–H groups in total. The van der Waals surface area contributed by atoms with Crippen LogP contribution in [0.3, 0.4) is 0 Å². The molecule has 84 valence electrons. The number of halogens is 1. The van der Waals surface area contributed by atoms with E-state index < -0.39 is 0 Å². The standard InChI is InChI=1S/C12H18BrNS/c1-8-6-14(10(3)9(8)2)7-11-4-5-15-12(11)13/h4-5,8-10H,6-7H2,1-3H3. The zero-order valence-electron chi connectivity index (χ0n) is 9.53. The van der Waals surface area contributed by atoms with E-state index >= 15 is 0 Å². The smallest absolute Gasteiger partial charge is 0.0743 e. The third-order valence-corrected chi connectivity index (χ3v) is 5.63. The molecule has 0 aromatic carbocycles. The Labute approximate surface area is 105 Å². The van der Waals surface area contributed by atoms with Gasteiger partial charge in [-0.25, -0.2) is 0 Å². The highest BCUT2D eigenvalue weighted by atomic mass is 79.9. The molecule has 1 aromatic heterocycles. The number of nitrogens with zero attached hydrogens (tertiary/aromatic N) is 1. The fraction of sp³-hybridized carbons (Fsp3) is 0.667. The second-order valence-electron chi connectivity index (χ2n) is 4.73. The van der Waals surface area contributed by atoms with Crippen LogP contribution in [0.5, 0.6) is 0 Å². The summed E-state index contributed by atoms with van der Waals surface area (Å²) in [7, 11) is 0. The molecular weight excluding hydrogens is 270 g/mol. The number of thiophene rings is 1. The lowest BCUT2D eigenvalue weighted by molar-refractivity contribution is 0.239. The first-order valence-electron chi connectivity index (χ1n) is 5.55. The van der Waals surface area contributed by atoms with E-state index in [0.717, 1.165) is 18.4 Å². The molecule has 0 saturated carbocycles. The summed E-state index contributed by atoms with van der Waals surface area (Å²) in [5.74, 6) is 1.65. The highest BCUT2D eigenvalue weighted by Crippen LogP contribution is 2.32. The van der Waals surface area contributed by atoms with Gasteiger partial charge in [-0.2, -0.15) is 0 Å². The monoisotopic (exact) mass is 287 g/mol. The Bertz CT molecular complexity index is 336. The molecule has 0 aliphatic carbocycles. The highest BCUT2D eigenvalue weighted by Gasteiger charge is 2.33. The summed E-state index contributed by atoms with van der Waals surface area (Å²) in [6.07, 6.45) is 0. The molecule has 1 saturated heterocycles. The zero-order chi connectivity index (χ0) is 11.0. The molecule has 0 spiro atoms. The number of hydrogen-bond acceptors (Lipinski definition) is 2. The van der Waals surface area contributed by atoms with Crippen molar-refractivity contribution in [1.29, 1.82) is 0 Å². The summed E-state index contributed by atoms with van der Waals surface area (Å²) in [6, 6.07) is 2.95. The van der Waals surface area contributed by atoms with Crippen LogP contribution >= 0.6 is 27.3 Å². The number of hydrogen-bond donors (Lipinski definition) is 0. The largest absolute Gasteiger partial charge is 0.296 e. The normalized spacial score (nSPS) is 32.4. The number of likely N-dealkylation sites (tertiary alicyclic amines) is 1. The molecule has 15 heavy (non-hydrogen) atoms. The Balaban J connectivity index is 2.05. The second-order valence-corrected chi connectivity index (χ2v) is 6.96. The van der Waals surface area contributed by atoms with Gasteiger partial charge < -0.3 is 0 Å². The van der Waals surface area contributed by atoms with Gasteiger partial charge in [-0.15, -0.1) is 11.3 Å². The van der Waals surface area contributed by atoms with Crippen molar-refractivity contribution in [1.82, 2.24) is 4.90 Å². The zero-order valence-corrected chi connectivity index (χ0v) is 11.9. The minimum atomic E-state index is 0.715. The molecule has 1 aliphatic heterocycles. The summed E-state index contributed by atoms with van der Waals surface area (Å²) in [4.78, 5) is 2.60. The van der Waals surface area contributed by atoms with E-state index in [1.807, 2.05) is 0 Å². The van der Waals surface area contributed by atoms with Crippen LogP contribution in [0.4, 0.5) is 0 Å². The first-order valence-corrected chi connectivity index (χ1v) is 7.22. The Kier molecular flexibility index (Phi) is 3.53. The van der Waals surface area contributed by atoms with Crippen molar-refractivity contribution >= 4 is 27.3 Å². The van der Waals surface area contributed by atoms with Gasteiger partial charge in [-0.1, -0.05) is 13.8 Å². The van der Waals surface area contributed by atoms with E-state index in [4.69, 9.17) is 0 Å². The van der Waals surface area contributed by atoms with Crippen molar-refractivity contribution in [2.45, 2.75) is 33.4 Å². The maximum absolute atomic E-state index is 3.62. The number of rotatable bonds is 2. The maximum atomic E-state index is 3.62. The molecule has 0 radical (unpaired) electrons. The minimum Gasteiger partial charge on any atom is -0.296 e. The van der Waals surface area contributed by atoms with Crippen LogP contribution in [0, 0.1) is 11.8 Å². The van der Waals surface area contributed by atoms with Crippen LogP contribution in [-0.2, 0) is 6.54 Å². The first-order chi connectivity index (χ1) is 7.09. The molecule has 3 unspecified atom stereocenters. The highest BCUT2D eigenvalue weighted by molar-refractivity contribution is 9.11. The SMILES string of the molecule is CC1CN(Cc2ccsc2Br)C(C)C1C. The van der Waals surface area contributed by atoms with E-state index in [1.165, 1.54) is 15.9 Å². The fourth-order valence-electron chi connectivity index (χ4n) is 2.37. The molecule has 2 heterocycles. The molecule has 0 amide bonds. The average Bonchev–Trinajstić information content (AvgIpc) is 2.69. The molecule has 3 atom stereocenters. The predicted octanol–water partition coefficient (Wildman–Crippen LogP) is 3.99. The quantitative estimate of drug-likeness (QED) is 0.795. The van der Waals surface area contributed by atoms with E-state index in [0.29, 0.717) is 6.04 Å². The molecule has 0 bridgehead atoms. The van der Waals surface area contributed by atoms with Gasteiger partial charge in [0.15, 0.2) is 0 Å². The lowest BCUT2D eigenvalue weighted by Crippen LogP contribution is -2.28. The van der Waals surface area contributed by atoms with Crippen molar-refractivity contribution < 1.29 is 0 Å². The van der Waals surface area contributed by atoms with Crippen LogP contribution < -0.4 is 0 Å². The third kappa shape index (κ3) is 2.29. The van der Waals surface area contributed by atoms with E-state index in [2.05, 4.69) is 53.0 Å². The Morgan fingerprint density at radius 2 is 2.20 bits per heavy atom. The molecule has 1 nitrogen and oxygen atoms in total. The van der Waals surface area contributed by atoms with Crippen LogP contribution in [0.25, 0.3) is 0 Å². The van der Waals surface area contributed by atoms with Gasteiger partial charge in [0.25, 0.3) is 0 Å². The molecule has 2 rings (SSSR count). The third-order valence-electron chi connectivity index (χ3n) is 3.82. The van der Waals surface area contributed by atoms with Gasteiger partial charge >= 0.3 is 0 Å². The minimum absolute atomic E-state index is 0.715. The topological polar surface area (TPSA) is 3.24 Å². The van der Waals surface area contributed by atoms with Crippen molar-refractivity contribution in [3.63, 3.8) is 0 Å². The molecule has 1 fully saturated rings. The Hall–Kier alpha value is 0.140. The van der Waals surface area contributed by atoms with Gasteiger partial charge in [0.1, 0.15) is 0 Å². The molecule has 3 heteroatoms. The van der Waals surface area contributed by atoms with Gasteiger partial charge in [0, 0.05) is 19.1 Å². The summed E-state index contributed by atoms with van der Waals surface area (Å²) >= 11 is 5.40.